The van der Waals surface area contributed by atoms with E-state index in [-0.39, 0.29) is 19.7 Å². The summed E-state index contributed by atoms with van der Waals surface area (Å²) in [6.45, 7) is 0.179. The Morgan fingerprint density at radius 3 is 2.38 bits per heavy atom. The first-order valence-corrected chi connectivity index (χ1v) is 5.35. The highest BCUT2D eigenvalue weighted by Gasteiger charge is 2.11. The molecule has 0 saturated carbocycles. The van der Waals surface area contributed by atoms with Gasteiger partial charge in [-0.15, -0.1) is 0 Å². The maximum Gasteiger partial charge on any atom is 0.251 e. The maximum atomic E-state index is 12.2. The van der Waals surface area contributed by atoms with Crippen LogP contribution in [0.4, 0.5) is 8.78 Å². The van der Waals surface area contributed by atoms with E-state index in [1.807, 2.05) is 0 Å². The van der Waals surface area contributed by atoms with Gasteiger partial charge < -0.3 is 5.11 Å². The first-order chi connectivity index (χ1) is 7.61. The summed E-state index contributed by atoms with van der Waals surface area (Å²) < 4.78 is 24.5. The molecule has 5 heteroatoms. The topological polar surface area (TPSA) is 23.5 Å². The summed E-state index contributed by atoms with van der Waals surface area (Å²) >= 11 is 5.72. The van der Waals surface area contributed by atoms with Crippen molar-refractivity contribution in [2.75, 3.05) is 19.7 Å². The smallest absolute Gasteiger partial charge is 0.251 e. The Hall–Kier alpha value is -0.710. The highest BCUT2D eigenvalue weighted by atomic mass is 35.5. The van der Waals surface area contributed by atoms with Crippen LogP contribution >= 0.6 is 11.6 Å². The van der Waals surface area contributed by atoms with E-state index in [0.717, 1.165) is 5.56 Å². The molecule has 0 aromatic heterocycles. The summed E-state index contributed by atoms with van der Waals surface area (Å²) in [5.41, 5.74) is 0.901. The van der Waals surface area contributed by atoms with Crippen LogP contribution < -0.4 is 0 Å². The summed E-state index contributed by atoms with van der Waals surface area (Å²) in [5.74, 6) is 0. The van der Waals surface area contributed by atoms with Gasteiger partial charge in [-0.25, -0.2) is 8.78 Å². The van der Waals surface area contributed by atoms with Crippen molar-refractivity contribution in [2.24, 2.45) is 0 Å². The molecule has 90 valence electrons. The van der Waals surface area contributed by atoms with E-state index in [9.17, 15) is 8.78 Å². The van der Waals surface area contributed by atoms with Crippen molar-refractivity contribution in [2.45, 2.75) is 13.0 Å². The van der Waals surface area contributed by atoms with Crippen LogP contribution in [0.5, 0.6) is 0 Å². The molecule has 1 rings (SSSR count). The molecular weight excluding hydrogens is 236 g/mol. The molecule has 16 heavy (non-hydrogen) atoms. The molecule has 0 atom stereocenters. The quantitative estimate of drug-likeness (QED) is 0.837. The fourth-order valence-corrected chi connectivity index (χ4v) is 1.55. The lowest BCUT2D eigenvalue weighted by atomic mass is 10.2. The Kier molecular flexibility index (Phi) is 5.66. The van der Waals surface area contributed by atoms with Crippen LogP contribution in [0.15, 0.2) is 24.3 Å². The minimum absolute atomic E-state index is 0.125. The van der Waals surface area contributed by atoms with E-state index in [4.69, 9.17) is 16.7 Å². The number of rotatable bonds is 6. The van der Waals surface area contributed by atoms with Crippen LogP contribution in [0.25, 0.3) is 0 Å². The highest BCUT2D eigenvalue weighted by molar-refractivity contribution is 6.30. The first-order valence-electron chi connectivity index (χ1n) is 4.97. The lowest BCUT2D eigenvalue weighted by molar-refractivity contribution is 0.0746. The van der Waals surface area contributed by atoms with E-state index in [0.29, 0.717) is 11.6 Å². The third kappa shape index (κ3) is 4.88. The van der Waals surface area contributed by atoms with Crippen molar-refractivity contribution in [3.8, 4) is 0 Å². The lowest BCUT2D eigenvalue weighted by Gasteiger charge is -2.20. The SMILES string of the molecule is OCCN(Cc1ccc(Cl)cc1)CC(F)F. The number of nitrogens with zero attached hydrogens (tertiary/aromatic N) is 1. The van der Waals surface area contributed by atoms with Gasteiger partial charge in [0.15, 0.2) is 0 Å². The molecule has 0 unspecified atom stereocenters. The molecule has 0 aliphatic heterocycles. The number of halogens is 3. The van der Waals surface area contributed by atoms with Crippen molar-refractivity contribution in [3.63, 3.8) is 0 Å². The van der Waals surface area contributed by atoms with Crippen LogP contribution in [0.1, 0.15) is 5.56 Å². The predicted molar refractivity (Wildman–Crippen MR) is 59.8 cm³/mol. The Bertz CT molecular complexity index is 305. The van der Waals surface area contributed by atoms with Gasteiger partial charge in [0.2, 0.25) is 0 Å². The van der Waals surface area contributed by atoms with Crippen molar-refractivity contribution >= 4 is 11.6 Å². The van der Waals surface area contributed by atoms with Crippen molar-refractivity contribution in [3.05, 3.63) is 34.9 Å². The van der Waals surface area contributed by atoms with Crippen molar-refractivity contribution in [1.82, 2.24) is 4.90 Å². The molecule has 0 fully saturated rings. The molecule has 1 N–H and O–H groups in total. The van der Waals surface area contributed by atoms with Gasteiger partial charge in [-0.2, -0.15) is 0 Å². The molecule has 1 aromatic carbocycles. The summed E-state index contributed by atoms with van der Waals surface area (Å²) in [6.07, 6.45) is -2.39. The van der Waals surface area contributed by atoms with Gasteiger partial charge in [0.25, 0.3) is 6.43 Å². The van der Waals surface area contributed by atoms with E-state index in [1.54, 1.807) is 24.3 Å². The Labute approximate surface area is 98.4 Å². The van der Waals surface area contributed by atoms with Crippen LogP contribution in [0.2, 0.25) is 5.02 Å². The van der Waals surface area contributed by atoms with E-state index in [2.05, 4.69) is 0 Å². The summed E-state index contributed by atoms with van der Waals surface area (Å²) in [7, 11) is 0. The molecule has 2 nitrogen and oxygen atoms in total. The van der Waals surface area contributed by atoms with Crippen molar-refractivity contribution in [1.29, 1.82) is 0 Å². The molecule has 0 aliphatic rings. The fraction of sp³-hybridized carbons (Fsp3) is 0.455. The minimum atomic E-state index is -2.39. The molecule has 0 saturated heterocycles. The Morgan fingerprint density at radius 2 is 1.88 bits per heavy atom. The largest absolute Gasteiger partial charge is 0.395 e. The zero-order valence-electron chi connectivity index (χ0n) is 8.74. The van der Waals surface area contributed by atoms with E-state index < -0.39 is 6.43 Å². The molecule has 0 radical (unpaired) electrons. The van der Waals surface area contributed by atoms with Crippen LogP contribution in [0.3, 0.4) is 0 Å². The summed E-state index contributed by atoms with van der Waals surface area (Å²) in [4.78, 5) is 1.51. The van der Waals surface area contributed by atoms with Gasteiger partial charge in [0.05, 0.1) is 13.2 Å². The van der Waals surface area contributed by atoms with Gasteiger partial charge in [-0.1, -0.05) is 23.7 Å². The molecule has 0 spiro atoms. The molecule has 0 heterocycles. The number of benzene rings is 1. The zero-order valence-corrected chi connectivity index (χ0v) is 9.50. The van der Waals surface area contributed by atoms with Gasteiger partial charge in [-0.05, 0) is 17.7 Å². The average Bonchev–Trinajstić information content (AvgIpc) is 2.21. The summed E-state index contributed by atoms with van der Waals surface area (Å²) in [5, 5.41) is 9.38. The van der Waals surface area contributed by atoms with Crippen LogP contribution in [-0.2, 0) is 6.54 Å². The van der Waals surface area contributed by atoms with E-state index in [1.165, 1.54) is 4.90 Å². The standard InChI is InChI=1S/C11H14ClF2NO/c12-10-3-1-9(2-4-10)7-15(5-6-16)8-11(13)14/h1-4,11,16H,5-8H2. The van der Waals surface area contributed by atoms with Gasteiger partial charge in [0, 0.05) is 18.1 Å². The summed E-state index contributed by atoms with van der Waals surface area (Å²) in [6, 6.07) is 7.02. The molecule has 0 bridgehead atoms. The highest BCUT2D eigenvalue weighted by Crippen LogP contribution is 2.12. The van der Waals surface area contributed by atoms with Crippen LogP contribution in [0, 0.1) is 0 Å². The third-order valence-electron chi connectivity index (χ3n) is 2.13. The average molecular weight is 250 g/mol. The normalized spacial score (nSPS) is 11.4. The maximum absolute atomic E-state index is 12.2. The molecule has 0 amide bonds. The number of alkyl halides is 2. The second kappa shape index (κ2) is 6.78. The Balaban J connectivity index is 2.56. The number of aliphatic hydroxyl groups is 1. The minimum Gasteiger partial charge on any atom is -0.395 e. The van der Waals surface area contributed by atoms with Crippen molar-refractivity contribution < 1.29 is 13.9 Å². The number of hydrogen-bond donors (Lipinski definition) is 1. The molecule has 0 aliphatic carbocycles. The Morgan fingerprint density at radius 1 is 1.25 bits per heavy atom. The molecular formula is C11H14ClF2NO. The molecule has 1 aromatic rings. The van der Waals surface area contributed by atoms with Gasteiger partial charge in [-0.3, -0.25) is 4.90 Å². The second-order valence-electron chi connectivity index (χ2n) is 3.48. The third-order valence-corrected chi connectivity index (χ3v) is 2.38. The van der Waals surface area contributed by atoms with Gasteiger partial charge >= 0.3 is 0 Å². The van der Waals surface area contributed by atoms with Crippen LogP contribution in [-0.4, -0.2) is 36.1 Å². The van der Waals surface area contributed by atoms with E-state index >= 15 is 0 Å². The zero-order chi connectivity index (χ0) is 12.0. The predicted octanol–water partition coefficient (Wildman–Crippen LogP) is 2.40. The van der Waals surface area contributed by atoms with Gasteiger partial charge in [0.1, 0.15) is 0 Å². The lowest BCUT2D eigenvalue weighted by Crippen LogP contribution is -2.31. The fourth-order valence-electron chi connectivity index (χ4n) is 1.42. The number of hydrogen-bond acceptors (Lipinski definition) is 2. The first kappa shape index (κ1) is 13.4. The second-order valence-corrected chi connectivity index (χ2v) is 3.91. The number of aliphatic hydroxyl groups excluding tert-OH is 1. The monoisotopic (exact) mass is 249 g/mol.